The Morgan fingerprint density at radius 1 is 0.804 bits per heavy atom. The van der Waals surface area contributed by atoms with Crippen LogP contribution in [-0.2, 0) is 9.47 Å². The average molecular weight is 707 g/mol. The van der Waals surface area contributed by atoms with Crippen molar-refractivity contribution in [1.29, 1.82) is 0 Å². The number of ether oxygens (including phenoxy) is 4. The predicted octanol–water partition coefficient (Wildman–Crippen LogP) is 6.29. The van der Waals surface area contributed by atoms with Gasteiger partial charge in [-0.3, -0.25) is 4.90 Å². The molecule has 0 saturated carbocycles. The third-order valence-corrected chi connectivity index (χ3v) is 7.87. The van der Waals surface area contributed by atoms with Crippen LogP contribution in [0, 0.1) is 0 Å². The Hall–Kier alpha value is -5.31. The number of nitrogen functional groups attached to an aromatic ring is 1. The van der Waals surface area contributed by atoms with Crippen LogP contribution in [-0.4, -0.2) is 98.3 Å². The summed E-state index contributed by atoms with van der Waals surface area (Å²) < 4.78 is 22.2. The predicted molar refractivity (Wildman–Crippen MR) is 198 cm³/mol. The number of piperazine rings is 1. The number of rotatable bonds is 8. The summed E-state index contributed by atoms with van der Waals surface area (Å²) in [7, 11) is 4.34. The van der Waals surface area contributed by atoms with E-state index < -0.39 is 29.4 Å². The Balaban J connectivity index is 1.74. The van der Waals surface area contributed by atoms with Crippen molar-refractivity contribution in [3.8, 4) is 11.5 Å². The van der Waals surface area contributed by atoms with E-state index in [0.717, 1.165) is 48.2 Å². The zero-order valence-electron chi connectivity index (χ0n) is 31.2. The van der Waals surface area contributed by atoms with Crippen LogP contribution in [0.25, 0.3) is 0 Å². The number of nitrogens with zero attached hydrogens (tertiary/aromatic N) is 7. The number of hydrogen-bond acceptors (Lipinski definition) is 12. The van der Waals surface area contributed by atoms with Crippen molar-refractivity contribution >= 4 is 52.6 Å². The number of nitrogens with two attached hydrogens (primary N) is 1. The molecule has 51 heavy (non-hydrogen) atoms. The molecule has 3 aromatic rings. The lowest BCUT2D eigenvalue weighted by Crippen LogP contribution is -2.47. The molecule has 4 amide bonds. The number of carbonyl (C=O) groups excluding carboxylic acids is 3. The number of benzene rings is 2. The number of carbonyl (C=O) groups is 3. The first kappa shape index (κ1) is 38.5. The molecule has 0 radical (unpaired) electrons. The Morgan fingerprint density at radius 3 is 1.90 bits per heavy atom. The highest BCUT2D eigenvalue weighted by Gasteiger charge is 2.34. The van der Waals surface area contributed by atoms with Crippen LogP contribution in [0.1, 0.15) is 48.5 Å². The molecule has 2 N–H and O–H groups in total. The molecule has 2 aromatic carbocycles. The van der Waals surface area contributed by atoms with Gasteiger partial charge in [-0.2, -0.15) is 4.90 Å². The van der Waals surface area contributed by atoms with E-state index in [4.69, 9.17) is 24.7 Å². The van der Waals surface area contributed by atoms with Gasteiger partial charge in [0.2, 0.25) is 0 Å². The minimum absolute atomic E-state index is 0.0611. The van der Waals surface area contributed by atoms with Crippen molar-refractivity contribution < 1.29 is 33.3 Å². The van der Waals surface area contributed by atoms with Gasteiger partial charge in [0.1, 0.15) is 40.7 Å². The van der Waals surface area contributed by atoms with Crippen molar-refractivity contribution in [2.24, 2.45) is 0 Å². The monoisotopic (exact) mass is 706 g/mol. The molecular weight excluding hydrogens is 656 g/mol. The molecule has 276 valence electrons. The van der Waals surface area contributed by atoms with Gasteiger partial charge >= 0.3 is 18.2 Å². The number of likely N-dealkylation sites (N-methyl/N-ethyl adjacent to an activating group) is 1. The molecule has 0 aliphatic carbocycles. The third-order valence-electron chi connectivity index (χ3n) is 7.87. The van der Waals surface area contributed by atoms with Crippen LogP contribution in [0.3, 0.4) is 0 Å². The van der Waals surface area contributed by atoms with Gasteiger partial charge in [0, 0.05) is 63.2 Å². The zero-order chi connectivity index (χ0) is 37.7. The van der Waals surface area contributed by atoms with Crippen LogP contribution in [0.4, 0.5) is 48.8 Å². The van der Waals surface area contributed by atoms with E-state index in [1.165, 1.54) is 50.7 Å². The van der Waals surface area contributed by atoms with Gasteiger partial charge in [0.15, 0.2) is 0 Å². The van der Waals surface area contributed by atoms with Gasteiger partial charge in [0.25, 0.3) is 0 Å². The molecule has 0 spiro atoms. The maximum atomic E-state index is 14.2. The highest BCUT2D eigenvalue weighted by molar-refractivity contribution is 6.17. The normalized spacial score (nSPS) is 13.6. The van der Waals surface area contributed by atoms with Gasteiger partial charge in [0.05, 0.1) is 31.3 Å². The quantitative estimate of drug-likeness (QED) is 0.262. The average Bonchev–Trinajstić information content (AvgIpc) is 3.07. The van der Waals surface area contributed by atoms with E-state index in [2.05, 4.69) is 26.7 Å². The van der Waals surface area contributed by atoms with Gasteiger partial charge in [-0.25, -0.2) is 29.3 Å². The number of urea groups is 1. The Bertz CT molecular complexity index is 1690. The lowest BCUT2D eigenvalue weighted by Gasteiger charge is -2.36. The van der Waals surface area contributed by atoms with Crippen LogP contribution < -0.4 is 34.8 Å². The SMILES string of the molecule is CCN1CCN(c2ccc(N(C(=O)OC(C)(C)C)c3cc(N(C)C(=O)N(C(=O)OC(C)(C)C)c4cc(OC)cc(OC)c4)ncn3)c(N)c2)CC1. The lowest BCUT2D eigenvalue weighted by molar-refractivity contribution is 0.0584. The lowest BCUT2D eigenvalue weighted by atomic mass is 10.2. The first-order valence-corrected chi connectivity index (χ1v) is 16.7. The highest BCUT2D eigenvalue weighted by Crippen LogP contribution is 2.36. The smallest absolute Gasteiger partial charge is 0.423 e. The van der Waals surface area contributed by atoms with Crippen LogP contribution >= 0.6 is 0 Å². The van der Waals surface area contributed by atoms with Crippen molar-refractivity contribution in [3.63, 3.8) is 0 Å². The second-order valence-corrected chi connectivity index (χ2v) is 13.9. The molecule has 15 heteroatoms. The molecule has 1 aromatic heterocycles. The van der Waals surface area contributed by atoms with Gasteiger partial charge in [-0.1, -0.05) is 6.92 Å². The Morgan fingerprint density at radius 2 is 1.37 bits per heavy atom. The molecule has 1 aliphatic heterocycles. The first-order chi connectivity index (χ1) is 23.9. The largest absolute Gasteiger partial charge is 0.497 e. The minimum atomic E-state index is -0.941. The van der Waals surface area contributed by atoms with Crippen molar-refractivity contribution in [2.45, 2.75) is 59.7 Å². The molecule has 0 unspecified atom stereocenters. The molecule has 0 bridgehead atoms. The number of imide groups is 1. The summed E-state index contributed by atoms with van der Waals surface area (Å²) in [5.74, 6) is 0.831. The molecule has 1 fully saturated rings. The van der Waals surface area contributed by atoms with Gasteiger partial charge in [-0.05, 0) is 66.3 Å². The Labute approximate surface area is 299 Å². The maximum absolute atomic E-state index is 14.2. The van der Waals surface area contributed by atoms with Gasteiger partial charge < -0.3 is 34.5 Å². The van der Waals surface area contributed by atoms with Crippen molar-refractivity contribution in [1.82, 2.24) is 14.9 Å². The second kappa shape index (κ2) is 15.7. The first-order valence-electron chi connectivity index (χ1n) is 16.7. The van der Waals surface area contributed by atoms with E-state index in [9.17, 15) is 14.4 Å². The van der Waals surface area contributed by atoms with Crippen molar-refractivity contribution in [2.75, 3.05) is 79.3 Å². The molecule has 1 aliphatic rings. The summed E-state index contributed by atoms with van der Waals surface area (Å²) in [6, 6.07) is 10.7. The molecule has 4 rings (SSSR count). The molecule has 2 heterocycles. The van der Waals surface area contributed by atoms with E-state index in [0.29, 0.717) is 22.9 Å². The molecule has 0 atom stereocenters. The summed E-state index contributed by atoms with van der Waals surface area (Å²) >= 11 is 0. The fourth-order valence-corrected chi connectivity index (χ4v) is 5.30. The summed E-state index contributed by atoms with van der Waals surface area (Å²) in [5.41, 5.74) is 6.57. The number of amides is 4. The number of hydrogen-bond donors (Lipinski definition) is 1. The maximum Gasteiger partial charge on any atom is 0.423 e. The number of methoxy groups -OCH3 is 2. The zero-order valence-corrected chi connectivity index (χ0v) is 31.2. The van der Waals surface area contributed by atoms with E-state index >= 15 is 0 Å². The standard InChI is InChI=1S/C36H50N8O7/c1-11-41-14-16-42(17-15-41)24-12-13-29(28(37)20-24)44(34(47)51-36(5,6)7)31-22-30(38-23-39-31)40(8)32(45)43(33(46)50-35(2,3)4)25-18-26(48-9)21-27(19-25)49-10/h12-13,18-23H,11,14-17,37H2,1-10H3. The van der Waals surface area contributed by atoms with E-state index in [1.54, 1.807) is 53.7 Å². The summed E-state index contributed by atoms with van der Waals surface area (Å²) in [6.45, 7) is 17.0. The summed E-state index contributed by atoms with van der Waals surface area (Å²) in [6.07, 6.45) is -0.477. The fraction of sp³-hybridized carbons (Fsp3) is 0.472. The third kappa shape index (κ3) is 9.69. The molecule has 15 nitrogen and oxygen atoms in total. The fourth-order valence-electron chi connectivity index (χ4n) is 5.30. The van der Waals surface area contributed by atoms with Crippen LogP contribution in [0.5, 0.6) is 11.5 Å². The van der Waals surface area contributed by atoms with Crippen LogP contribution in [0.15, 0.2) is 48.8 Å². The molecular formula is C36H50N8O7. The summed E-state index contributed by atoms with van der Waals surface area (Å²) in [4.78, 5) is 58.1. The summed E-state index contributed by atoms with van der Waals surface area (Å²) in [5, 5.41) is 0. The Kier molecular flexibility index (Phi) is 11.9. The van der Waals surface area contributed by atoms with Gasteiger partial charge in [-0.15, -0.1) is 0 Å². The number of anilines is 6. The van der Waals surface area contributed by atoms with Crippen molar-refractivity contribution in [3.05, 3.63) is 48.8 Å². The topological polar surface area (TPSA) is 156 Å². The second-order valence-electron chi connectivity index (χ2n) is 13.9. The highest BCUT2D eigenvalue weighted by atomic mass is 16.6. The minimum Gasteiger partial charge on any atom is -0.497 e. The number of aromatic nitrogens is 2. The van der Waals surface area contributed by atoms with E-state index in [-0.39, 0.29) is 17.3 Å². The molecule has 1 saturated heterocycles. The van der Waals surface area contributed by atoms with E-state index in [1.807, 2.05) is 12.1 Å². The van der Waals surface area contributed by atoms with Crippen LogP contribution in [0.2, 0.25) is 0 Å².